The number of halogens is 1. The van der Waals surface area contributed by atoms with Crippen molar-refractivity contribution < 1.29 is 4.84 Å². The molecule has 6 heteroatoms. The van der Waals surface area contributed by atoms with Gasteiger partial charge in [0.05, 0.1) is 7.11 Å². The van der Waals surface area contributed by atoms with Crippen LogP contribution in [0.2, 0.25) is 0 Å². The third kappa shape index (κ3) is 7.83. The molecule has 5 nitrogen and oxygen atoms in total. The number of hydrogen-bond acceptors (Lipinski definition) is 3. The summed E-state index contributed by atoms with van der Waals surface area (Å²) in [6.45, 7) is 1.62. The van der Waals surface area contributed by atoms with Crippen LogP contribution in [0.3, 0.4) is 0 Å². The highest BCUT2D eigenvalue weighted by Gasteiger charge is 2.03. The molecule has 0 aliphatic carbocycles. The van der Waals surface area contributed by atoms with Crippen molar-refractivity contribution in [2.75, 3.05) is 34.3 Å². The van der Waals surface area contributed by atoms with Crippen molar-refractivity contribution in [1.82, 2.24) is 9.96 Å². The van der Waals surface area contributed by atoms with E-state index in [1.165, 1.54) is 12.2 Å². The van der Waals surface area contributed by atoms with Crippen LogP contribution in [0.15, 0.2) is 0 Å². The summed E-state index contributed by atoms with van der Waals surface area (Å²) in [5.41, 5.74) is 5.23. The third-order valence-corrected chi connectivity index (χ3v) is 1.46. The lowest BCUT2D eigenvalue weighted by Gasteiger charge is -2.19. The average molecular weight is 211 g/mol. The van der Waals surface area contributed by atoms with Crippen LogP contribution in [-0.4, -0.2) is 50.2 Å². The zero-order valence-electron chi connectivity index (χ0n) is 8.41. The number of nitrogens with zero attached hydrogens (tertiary/aromatic N) is 2. The average Bonchev–Trinajstić information content (AvgIpc) is 1.96. The molecule has 0 rings (SSSR count). The van der Waals surface area contributed by atoms with Gasteiger partial charge in [0.1, 0.15) is 0 Å². The molecule has 0 aromatic heterocycles. The molecule has 3 N–H and O–H groups in total. The summed E-state index contributed by atoms with van der Waals surface area (Å²) in [5.74, 6) is -0.0451. The van der Waals surface area contributed by atoms with Gasteiger partial charge in [-0.05, 0) is 27.1 Å². The maximum Gasteiger partial charge on any atom is 0.212 e. The summed E-state index contributed by atoms with van der Waals surface area (Å²) in [5, 5.41) is 8.47. The van der Waals surface area contributed by atoms with Gasteiger partial charge >= 0.3 is 0 Å². The summed E-state index contributed by atoms with van der Waals surface area (Å²) in [4.78, 5) is 6.94. The Labute approximate surface area is 85.7 Å². The van der Waals surface area contributed by atoms with E-state index in [-0.39, 0.29) is 18.4 Å². The normalized spacial score (nSPS) is 9.54. The Hall–Kier alpha value is -0.520. The largest absolute Gasteiger partial charge is 0.368 e. The van der Waals surface area contributed by atoms with Gasteiger partial charge in [-0.15, -0.1) is 12.4 Å². The Morgan fingerprint density at radius 1 is 1.38 bits per heavy atom. The van der Waals surface area contributed by atoms with Crippen LogP contribution in [-0.2, 0) is 4.84 Å². The lowest BCUT2D eigenvalue weighted by Crippen LogP contribution is -2.37. The highest BCUT2D eigenvalue weighted by molar-refractivity contribution is 5.85. The highest BCUT2D eigenvalue weighted by Crippen LogP contribution is 1.91. The third-order valence-electron chi connectivity index (χ3n) is 1.46. The van der Waals surface area contributed by atoms with Crippen molar-refractivity contribution >= 4 is 18.4 Å². The Morgan fingerprint density at radius 3 is 2.23 bits per heavy atom. The van der Waals surface area contributed by atoms with Crippen LogP contribution in [0.25, 0.3) is 0 Å². The zero-order chi connectivity index (χ0) is 9.56. The highest BCUT2D eigenvalue weighted by atomic mass is 35.5. The smallest absolute Gasteiger partial charge is 0.212 e. The Balaban J connectivity index is 0. The van der Waals surface area contributed by atoms with E-state index in [0.29, 0.717) is 6.54 Å². The van der Waals surface area contributed by atoms with Gasteiger partial charge < -0.3 is 10.6 Å². The Morgan fingerprint density at radius 2 is 1.92 bits per heavy atom. The minimum Gasteiger partial charge on any atom is -0.368 e. The minimum atomic E-state index is -0.0451. The first-order valence-electron chi connectivity index (χ1n) is 3.88. The molecule has 0 aromatic rings. The van der Waals surface area contributed by atoms with E-state index in [9.17, 15) is 0 Å². The summed E-state index contributed by atoms with van der Waals surface area (Å²) < 4.78 is 0. The van der Waals surface area contributed by atoms with E-state index in [1.807, 2.05) is 14.1 Å². The van der Waals surface area contributed by atoms with Crippen molar-refractivity contribution in [3.63, 3.8) is 0 Å². The topological polar surface area (TPSA) is 65.6 Å². The van der Waals surface area contributed by atoms with Crippen molar-refractivity contribution in [3.8, 4) is 0 Å². The van der Waals surface area contributed by atoms with Crippen LogP contribution in [0, 0.1) is 5.41 Å². The second-order valence-electron chi connectivity index (χ2n) is 2.83. The molecular formula is C7H19ClN4O. The monoisotopic (exact) mass is 210 g/mol. The van der Waals surface area contributed by atoms with Crippen molar-refractivity contribution in [2.24, 2.45) is 5.73 Å². The first-order chi connectivity index (χ1) is 5.57. The standard InChI is InChI=1S/C7H18N4O.ClH/c1-10(2)5-4-6-11(12-3)7(8)9;/h4-6H2,1-3H3,(H3,8,9);1H. The lowest BCUT2D eigenvalue weighted by molar-refractivity contribution is -0.0679. The van der Waals surface area contributed by atoms with E-state index in [4.69, 9.17) is 16.0 Å². The van der Waals surface area contributed by atoms with Gasteiger partial charge in [-0.1, -0.05) is 0 Å². The molecule has 0 fully saturated rings. The van der Waals surface area contributed by atoms with E-state index in [2.05, 4.69) is 4.90 Å². The molecule has 0 amide bonds. The summed E-state index contributed by atoms with van der Waals surface area (Å²) in [6.07, 6.45) is 0.931. The lowest BCUT2D eigenvalue weighted by atomic mass is 10.4. The summed E-state index contributed by atoms with van der Waals surface area (Å²) in [6, 6.07) is 0. The van der Waals surface area contributed by atoms with E-state index in [1.54, 1.807) is 0 Å². The second-order valence-corrected chi connectivity index (χ2v) is 2.83. The van der Waals surface area contributed by atoms with Crippen LogP contribution in [0.4, 0.5) is 0 Å². The number of nitrogens with one attached hydrogen (secondary N) is 1. The molecule has 0 aliphatic heterocycles. The molecule has 0 radical (unpaired) electrons. The second kappa shape index (κ2) is 8.10. The molecule has 0 bridgehead atoms. The maximum absolute atomic E-state index is 7.10. The molecule has 0 aliphatic rings. The Bertz CT molecular complexity index is 142. The molecule has 80 valence electrons. The molecule has 0 atom stereocenters. The minimum absolute atomic E-state index is 0. The molecular weight excluding hydrogens is 192 g/mol. The number of guanidine groups is 1. The van der Waals surface area contributed by atoms with Gasteiger partial charge in [0, 0.05) is 6.54 Å². The van der Waals surface area contributed by atoms with Crippen molar-refractivity contribution in [1.29, 1.82) is 5.41 Å². The number of hydroxylamine groups is 2. The SMILES string of the molecule is CON(CCCN(C)C)C(=N)N.Cl. The van der Waals surface area contributed by atoms with E-state index in [0.717, 1.165) is 13.0 Å². The fourth-order valence-corrected chi connectivity index (χ4v) is 0.841. The molecule has 0 heterocycles. The number of nitrogens with two attached hydrogens (primary N) is 1. The van der Waals surface area contributed by atoms with Gasteiger partial charge in [0.2, 0.25) is 5.96 Å². The van der Waals surface area contributed by atoms with Crippen LogP contribution >= 0.6 is 12.4 Å². The summed E-state index contributed by atoms with van der Waals surface area (Å²) >= 11 is 0. The van der Waals surface area contributed by atoms with Crippen LogP contribution in [0.5, 0.6) is 0 Å². The van der Waals surface area contributed by atoms with Crippen LogP contribution in [0.1, 0.15) is 6.42 Å². The number of hydrogen-bond donors (Lipinski definition) is 2. The molecule has 0 aromatic carbocycles. The quantitative estimate of drug-likeness (QED) is 0.384. The first kappa shape index (κ1) is 15.0. The number of rotatable bonds is 5. The van der Waals surface area contributed by atoms with Gasteiger partial charge in [-0.25, -0.2) is 5.06 Å². The van der Waals surface area contributed by atoms with Gasteiger partial charge in [0.25, 0.3) is 0 Å². The molecule has 13 heavy (non-hydrogen) atoms. The Kier molecular flexibility index (Phi) is 9.33. The first-order valence-corrected chi connectivity index (χ1v) is 3.88. The fourth-order valence-electron chi connectivity index (χ4n) is 0.841. The molecule has 0 saturated heterocycles. The maximum atomic E-state index is 7.10. The van der Waals surface area contributed by atoms with Crippen LogP contribution < -0.4 is 5.73 Å². The van der Waals surface area contributed by atoms with Gasteiger partial charge in [-0.3, -0.25) is 10.2 Å². The van der Waals surface area contributed by atoms with E-state index < -0.39 is 0 Å². The van der Waals surface area contributed by atoms with Crippen molar-refractivity contribution in [2.45, 2.75) is 6.42 Å². The van der Waals surface area contributed by atoms with Crippen molar-refractivity contribution in [3.05, 3.63) is 0 Å². The molecule has 0 unspecified atom stereocenters. The molecule has 0 spiro atoms. The predicted molar refractivity (Wildman–Crippen MR) is 56.0 cm³/mol. The predicted octanol–water partition coefficient (Wildman–Crippen LogP) is 0.117. The van der Waals surface area contributed by atoms with Gasteiger partial charge in [0.15, 0.2) is 0 Å². The zero-order valence-corrected chi connectivity index (χ0v) is 9.23. The summed E-state index contributed by atoms with van der Waals surface area (Å²) in [7, 11) is 5.52. The van der Waals surface area contributed by atoms with Gasteiger partial charge in [-0.2, -0.15) is 0 Å². The molecule has 0 saturated carbocycles. The fraction of sp³-hybridized carbons (Fsp3) is 0.857. The van der Waals surface area contributed by atoms with E-state index >= 15 is 0 Å².